The Balaban J connectivity index is 1.65. The monoisotopic (exact) mass is 548 g/mol. The van der Waals surface area contributed by atoms with E-state index in [1.807, 2.05) is 75.4 Å². The zero-order valence-corrected chi connectivity index (χ0v) is 23.5. The van der Waals surface area contributed by atoms with Gasteiger partial charge in [-0.05, 0) is 71.1 Å². The van der Waals surface area contributed by atoms with E-state index in [0.29, 0.717) is 28.4 Å². The number of benzene rings is 3. The van der Waals surface area contributed by atoms with Gasteiger partial charge in [-0.1, -0.05) is 51.1 Å². The van der Waals surface area contributed by atoms with Crippen molar-refractivity contribution in [2.24, 2.45) is 0 Å². The number of likely N-dealkylation sites (tertiary alicyclic amines) is 1. The maximum Gasteiger partial charge on any atom is 0.295 e. The number of aromatic nitrogens is 1. The average Bonchev–Trinajstić information content (AvgIpc) is 3.22. The first kappa shape index (κ1) is 27.6. The number of rotatable bonds is 7. The molecule has 0 aliphatic carbocycles. The van der Waals surface area contributed by atoms with Gasteiger partial charge >= 0.3 is 0 Å². The Morgan fingerprint density at radius 1 is 0.902 bits per heavy atom. The molecule has 1 saturated heterocycles. The molecular weight excluding hydrogens is 516 g/mol. The van der Waals surface area contributed by atoms with Crippen LogP contribution in [0.3, 0.4) is 0 Å². The van der Waals surface area contributed by atoms with Crippen LogP contribution in [0.25, 0.3) is 5.76 Å². The number of para-hydroxylation sites is 1. The van der Waals surface area contributed by atoms with Crippen molar-refractivity contribution in [1.82, 2.24) is 9.88 Å². The van der Waals surface area contributed by atoms with Crippen LogP contribution in [0.4, 0.5) is 0 Å². The van der Waals surface area contributed by atoms with Crippen LogP contribution in [0.15, 0.2) is 103 Å². The molecule has 0 radical (unpaired) electrons. The number of amides is 1. The van der Waals surface area contributed by atoms with E-state index in [1.165, 1.54) is 4.90 Å². The number of carbonyl (C=O) groups excluding carboxylic acids is 2. The molecule has 2 heterocycles. The minimum atomic E-state index is -0.845. The van der Waals surface area contributed by atoms with Gasteiger partial charge < -0.3 is 19.5 Å². The fourth-order valence-electron chi connectivity index (χ4n) is 5.04. The summed E-state index contributed by atoms with van der Waals surface area (Å²) >= 11 is 0. The van der Waals surface area contributed by atoms with Gasteiger partial charge in [-0.3, -0.25) is 14.6 Å². The first-order chi connectivity index (χ1) is 19.7. The molecule has 7 heteroatoms. The molecule has 0 spiro atoms. The van der Waals surface area contributed by atoms with E-state index in [1.54, 1.807) is 49.8 Å². The number of hydrogen-bond acceptors (Lipinski definition) is 6. The lowest BCUT2D eigenvalue weighted by Crippen LogP contribution is -2.29. The van der Waals surface area contributed by atoms with Crippen LogP contribution in [0.1, 0.15) is 49.1 Å². The second-order valence-electron chi connectivity index (χ2n) is 10.9. The number of aliphatic hydroxyl groups is 1. The van der Waals surface area contributed by atoms with E-state index in [2.05, 4.69) is 4.98 Å². The van der Waals surface area contributed by atoms with E-state index < -0.39 is 17.7 Å². The standard InChI is InChI=1S/C34H32N2O5/c1-34(2,3)27-20-24(13-14-28(27)40-4)31(37)29-30(36(33(39)32(29)38)21-22-15-17-35-18-16-22)23-9-8-12-26(19-23)41-25-10-6-5-7-11-25/h5-20,30,37H,21H2,1-4H3/b31-29+. The van der Waals surface area contributed by atoms with E-state index in [4.69, 9.17) is 9.47 Å². The SMILES string of the molecule is COc1ccc(/C(O)=C2\C(=O)C(=O)N(Cc3ccncc3)C2c2cccc(Oc3ccccc3)c2)cc1C(C)(C)C. The maximum absolute atomic E-state index is 13.6. The molecule has 7 nitrogen and oxygen atoms in total. The highest BCUT2D eigenvalue weighted by Crippen LogP contribution is 2.42. The van der Waals surface area contributed by atoms with Gasteiger partial charge in [0.15, 0.2) is 0 Å². The summed E-state index contributed by atoms with van der Waals surface area (Å²) in [6.45, 7) is 6.29. The minimum Gasteiger partial charge on any atom is -0.507 e. The molecule has 208 valence electrons. The number of aliphatic hydroxyl groups excluding tert-OH is 1. The molecular formula is C34H32N2O5. The van der Waals surface area contributed by atoms with Gasteiger partial charge in [0.1, 0.15) is 23.0 Å². The quantitative estimate of drug-likeness (QED) is 0.155. The van der Waals surface area contributed by atoms with Gasteiger partial charge in [0, 0.05) is 30.1 Å². The summed E-state index contributed by atoms with van der Waals surface area (Å²) in [6.07, 6.45) is 3.28. The average molecular weight is 549 g/mol. The number of ether oxygens (including phenoxy) is 2. The van der Waals surface area contributed by atoms with Crippen molar-refractivity contribution in [1.29, 1.82) is 0 Å². The number of hydrogen-bond donors (Lipinski definition) is 1. The molecule has 41 heavy (non-hydrogen) atoms. The van der Waals surface area contributed by atoms with E-state index >= 15 is 0 Å². The van der Waals surface area contributed by atoms with Crippen LogP contribution < -0.4 is 9.47 Å². The van der Waals surface area contributed by atoms with Gasteiger partial charge in [0.2, 0.25) is 0 Å². The fourth-order valence-corrected chi connectivity index (χ4v) is 5.04. The van der Waals surface area contributed by atoms with Crippen molar-refractivity contribution in [3.8, 4) is 17.2 Å². The third-order valence-corrected chi connectivity index (χ3v) is 7.08. The van der Waals surface area contributed by atoms with E-state index in [-0.39, 0.29) is 23.3 Å². The maximum atomic E-state index is 13.6. The zero-order chi connectivity index (χ0) is 29.1. The van der Waals surface area contributed by atoms with Crippen LogP contribution >= 0.6 is 0 Å². The second kappa shape index (κ2) is 11.3. The predicted molar refractivity (Wildman–Crippen MR) is 157 cm³/mol. The molecule has 1 amide bonds. The van der Waals surface area contributed by atoms with Crippen LogP contribution in [0.5, 0.6) is 17.2 Å². The van der Waals surface area contributed by atoms with Crippen LogP contribution in [-0.4, -0.2) is 33.8 Å². The lowest BCUT2D eigenvalue weighted by atomic mass is 9.84. The third-order valence-electron chi connectivity index (χ3n) is 7.08. The van der Waals surface area contributed by atoms with E-state index in [0.717, 1.165) is 11.1 Å². The van der Waals surface area contributed by atoms with Gasteiger partial charge in [-0.15, -0.1) is 0 Å². The van der Waals surface area contributed by atoms with E-state index in [9.17, 15) is 14.7 Å². The van der Waals surface area contributed by atoms with Crippen molar-refractivity contribution in [3.05, 3.63) is 125 Å². The summed E-state index contributed by atoms with van der Waals surface area (Å²) in [6, 6.07) is 24.6. The van der Waals surface area contributed by atoms with Crippen molar-refractivity contribution < 1.29 is 24.2 Å². The molecule has 5 rings (SSSR count). The number of methoxy groups -OCH3 is 1. The minimum absolute atomic E-state index is 0.0194. The smallest absolute Gasteiger partial charge is 0.295 e. The highest BCUT2D eigenvalue weighted by Gasteiger charge is 2.46. The molecule has 1 atom stereocenters. The van der Waals surface area contributed by atoms with Gasteiger partial charge in [-0.25, -0.2) is 0 Å². The Hall–Kier alpha value is -4.91. The largest absolute Gasteiger partial charge is 0.507 e. The first-order valence-corrected chi connectivity index (χ1v) is 13.4. The Labute approximate surface area is 239 Å². The first-order valence-electron chi connectivity index (χ1n) is 13.4. The number of nitrogens with zero attached hydrogens (tertiary/aromatic N) is 2. The number of ketones is 1. The molecule has 3 aromatic carbocycles. The molecule has 1 aromatic heterocycles. The second-order valence-corrected chi connectivity index (χ2v) is 10.9. The van der Waals surface area contributed by atoms with Crippen LogP contribution in [-0.2, 0) is 21.5 Å². The Morgan fingerprint density at radius 2 is 1.61 bits per heavy atom. The summed E-state index contributed by atoms with van der Waals surface area (Å²) in [7, 11) is 1.60. The lowest BCUT2D eigenvalue weighted by Gasteiger charge is -2.26. The van der Waals surface area contributed by atoms with Gasteiger partial charge in [-0.2, -0.15) is 0 Å². The topological polar surface area (TPSA) is 89.0 Å². The molecule has 1 aliphatic rings. The summed E-state index contributed by atoms with van der Waals surface area (Å²) in [5, 5.41) is 11.7. The Bertz CT molecular complexity index is 1610. The van der Waals surface area contributed by atoms with Crippen molar-refractivity contribution in [2.75, 3.05) is 7.11 Å². The predicted octanol–water partition coefficient (Wildman–Crippen LogP) is 6.80. The molecule has 1 fully saturated rings. The van der Waals surface area contributed by atoms with Gasteiger partial charge in [0.25, 0.3) is 11.7 Å². The summed E-state index contributed by atoms with van der Waals surface area (Å²) in [5.74, 6) is 0.199. The Morgan fingerprint density at radius 3 is 2.29 bits per heavy atom. The highest BCUT2D eigenvalue weighted by molar-refractivity contribution is 6.46. The molecule has 4 aromatic rings. The van der Waals surface area contributed by atoms with Gasteiger partial charge in [0.05, 0.1) is 18.7 Å². The summed E-state index contributed by atoms with van der Waals surface area (Å²) in [4.78, 5) is 32.7. The van der Waals surface area contributed by atoms with Crippen molar-refractivity contribution in [2.45, 2.75) is 38.8 Å². The van der Waals surface area contributed by atoms with Crippen molar-refractivity contribution in [3.63, 3.8) is 0 Å². The third kappa shape index (κ3) is 5.70. The van der Waals surface area contributed by atoms with Crippen molar-refractivity contribution >= 4 is 17.4 Å². The number of pyridine rings is 1. The zero-order valence-electron chi connectivity index (χ0n) is 23.5. The number of carbonyl (C=O) groups is 2. The normalized spacial score (nSPS) is 16.6. The summed E-state index contributed by atoms with van der Waals surface area (Å²) in [5.41, 5.74) is 2.47. The molecule has 0 saturated carbocycles. The lowest BCUT2D eigenvalue weighted by molar-refractivity contribution is -0.140. The van der Waals surface area contributed by atoms with Crippen LogP contribution in [0, 0.1) is 0 Å². The molecule has 1 N–H and O–H groups in total. The number of Topliss-reactive ketones (excluding diaryl/α,β-unsaturated/α-hetero) is 1. The molecule has 0 bridgehead atoms. The Kier molecular flexibility index (Phi) is 7.62. The highest BCUT2D eigenvalue weighted by atomic mass is 16.5. The molecule has 1 aliphatic heterocycles. The summed E-state index contributed by atoms with van der Waals surface area (Å²) < 4.78 is 11.6. The molecule has 1 unspecified atom stereocenters. The van der Waals surface area contributed by atoms with Crippen LogP contribution in [0.2, 0.25) is 0 Å². The fraction of sp³-hybridized carbons (Fsp3) is 0.206.